The number of benzene rings is 2. The molecule has 4 rings (SSSR count). The first-order valence-corrected chi connectivity index (χ1v) is 10.6. The number of amides is 2. The lowest BCUT2D eigenvalue weighted by Crippen LogP contribution is -2.19. The predicted octanol–water partition coefficient (Wildman–Crippen LogP) is 7.03. The molecular formula is C24H23N3O2S. The summed E-state index contributed by atoms with van der Waals surface area (Å²) in [5.41, 5.74) is 2.72. The fraction of sp³-hybridized carbons (Fsp3) is 0.167. The Morgan fingerprint density at radius 3 is 2.43 bits per heavy atom. The molecule has 0 unspecified atom stereocenters. The molecule has 2 heterocycles. The van der Waals surface area contributed by atoms with Crippen LogP contribution in [-0.4, -0.2) is 11.0 Å². The number of hydrogen-bond acceptors (Lipinski definition) is 4. The van der Waals surface area contributed by atoms with E-state index in [0.29, 0.717) is 11.6 Å². The molecule has 30 heavy (non-hydrogen) atoms. The molecule has 0 atom stereocenters. The zero-order valence-electron chi connectivity index (χ0n) is 17.1. The molecule has 0 fully saturated rings. The Kier molecular flexibility index (Phi) is 5.42. The molecule has 0 saturated heterocycles. The van der Waals surface area contributed by atoms with Crippen LogP contribution in [0.3, 0.4) is 0 Å². The van der Waals surface area contributed by atoms with Gasteiger partial charge in [0.25, 0.3) is 0 Å². The first kappa shape index (κ1) is 19.9. The molecule has 5 nitrogen and oxygen atoms in total. The number of nitrogens with one attached hydrogen (secondary N) is 2. The third kappa shape index (κ3) is 4.60. The highest BCUT2D eigenvalue weighted by Gasteiger charge is 2.13. The molecule has 0 saturated carbocycles. The van der Waals surface area contributed by atoms with Crippen LogP contribution in [0.15, 0.2) is 72.2 Å². The van der Waals surface area contributed by atoms with Crippen molar-refractivity contribution in [3.8, 4) is 11.6 Å². The Bertz CT molecular complexity index is 1160. The molecule has 2 amide bonds. The highest BCUT2D eigenvalue weighted by molar-refractivity contribution is 7.17. The second-order valence-electron chi connectivity index (χ2n) is 7.99. The topological polar surface area (TPSA) is 63.2 Å². The second kappa shape index (κ2) is 8.16. The van der Waals surface area contributed by atoms with Crippen molar-refractivity contribution in [3.63, 3.8) is 0 Å². The lowest BCUT2D eigenvalue weighted by molar-refractivity contribution is 0.262. The molecule has 0 bridgehead atoms. The SMILES string of the molecule is CC(C)(C)c1ccc(Oc2ccc(NC(=O)Nc3csc4ccccc34)cn2)cc1. The van der Waals surface area contributed by atoms with Gasteiger partial charge in [-0.15, -0.1) is 11.3 Å². The number of carbonyl (C=O) groups is 1. The number of fused-ring (bicyclic) bond motifs is 1. The molecule has 2 aromatic heterocycles. The van der Waals surface area contributed by atoms with E-state index in [1.165, 1.54) is 5.56 Å². The van der Waals surface area contributed by atoms with E-state index in [4.69, 9.17) is 4.74 Å². The van der Waals surface area contributed by atoms with Crippen LogP contribution in [0.1, 0.15) is 26.3 Å². The second-order valence-corrected chi connectivity index (χ2v) is 8.90. The number of ether oxygens (including phenoxy) is 1. The smallest absolute Gasteiger partial charge is 0.323 e. The summed E-state index contributed by atoms with van der Waals surface area (Å²) in [6, 6.07) is 19.1. The summed E-state index contributed by atoms with van der Waals surface area (Å²) in [5, 5.41) is 8.64. The fourth-order valence-electron chi connectivity index (χ4n) is 3.02. The molecule has 0 aliphatic heterocycles. The van der Waals surface area contributed by atoms with Crippen LogP contribution < -0.4 is 15.4 Å². The Labute approximate surface area is 179 Å². The average Bonchev–Trinajstić information content (AvgIpc) is 3.12. The lowest BCUT2D eigenvalue weighted by atomic mass is 9.87. The van der Waals surface area contributed by atoms with Gasteiger partial charge in [0, 0.05) is 21.5 Å². The van der Waals surface area contributed by atoms with Gasteiger partial charge in [-0.1, -0.05) is 51.1 Å². The van der Waals surface area contributed by atoms with Gasteiger partial charge in [-0.2, -0.15) is 0 Å². The molecule has 0 radical (unpaired) electrons. The van der Waals surface area contributed by atoms with Crippen LogP contribution in [0.4, 0.5) is 16.2 Å². The summed E-state index contributed by atoms with van der Waals surface area (Å²) in [6.07, 6.45) is 1.57. The molecule has 152 valence electrons. The van der Waals surface area contributed by atoms with E-state index in [-0.39, 0.29) is 11.4 Å². The largest absolute Gasteiger partial charge is 0.439 e. The van der Waals surface area contributed by atoms with Gasteiger partial charge >= 0.3 is 6.03 Å². The molecule has 2 aromatic carbocycles. The summed E-state index contributed by atoms with van der Waals surface area (Å²) in [6.45, 7) is 6.52. The summed E-state index contributed by atoms with van der Waals surface area (Å²) >= 11 is 1.60. The summed E-state index contributed by atoms with van der Waals surface area (Å²) in [5.74, 6) is 1.19. The third-order valence-electron chi connectivity index (χ3n) is 4.67. The summed E-state index contributed by atoms with van der Waals surface area (Å²) in [7, 11) is 0. The zero-order chi connectivity index (χ0) is 21.1. The number of rotatable bonds is 4. The Balaban J connectivity index is 1.37. The third-order valence-corrected chi connectivity index (χ3v) is 5.63. The highest BCUT2D eigenvalue weighted by Crippen LogP contribution is 2.30. The van der Waals surface area contributed by atoms with Crippen molar-refractivity contribution < 1.29 is 9.53 Å². The van der Waals surface area contributed by atoms with Gasteiger partial charge < -0.3 is 15.4 Å². The molecule has 2 N–H and O–H groups in total. The quantitative estimate of drug-likeness (QED) is 0.375. The van der Waals surface area contributed by atoms with Crippen molar-refractivity contribution >= 4 is 38.8 Å². The van der Waals surface area contributed by atoms with Crippen molar-refractivity contribution in [2.75, 3.05) is 10.6 Å². The van der Waals surface area contributed by atoms with Crippen LogP contribution >= 0.6 is 11.3 Å². The number of thiophene rings is 1. The van der Waals surface area contributed by atoms with E-state index >= 15 is 0 Å². The molecule has 6 heteroatoms. The van der Waals surface area contributed by atoms with Crippen LogP contribution in [-0.2, 0) is 5.41 Å². The Hall–Kier alpha value is -3.38. The number of pyridine rings is 1. The minimum absolute atomic E-state index is 0.0972. The average molecular weight is 418 g/mol. The van der Waals surface area contributed by atoms with E-state index in [2.05, 4.69) is 48.5 Å². The lowest BCUT2D eigenvalue weighted by Gasteiger charge is -2.19. The summed E-state index contributed by atoms with van der Waals surface area (Å²) in [4.78, 5) is 16.6. The van der Waals surface area contributed by atoms with Crippen LogP contribution in [0, 0.1) is 0 Å². The van der Waals surface area contributed by atoms with Gasteiger partial charge in [0.05, 0.1) is 17.6 Å². The minimum Gasteiger partial charge on any atom is -0.439 e. The van der Waals surface area contributed by atoms with E-state index in [9.17, 15) is 4.79 Å². The Morgan fingerprint density at radius 2 is 1.73 bits per heavy atom. The number of urea groups is 1. The van der Waals surface area contributed by atoms with E-state index in [0.717, 1.165) is 21.5 Å². The van der Waals surface area contributed by atoms with E-state index < -0.39 is 0 Å². The van der Waals surface area contributed by atoms with Gasteiger partial charge in [-0.3, -0.25) is 0 Å². The predicted molar refractivity (Wildman–Crippen MR) is 124 cm³/mol. The maximum Gasteiger partial charge on any atom is 0.323 e. The number of anilines is 2. The zero-order valence-corrected chi connectivity index (χ0v) is 17.9. The first-order valence-electron chi connectivity index (χ1n) is 9.67. The first-order chi connectivity index (χ1) is 14.4. The summed E-state index contributed by atoms with van der Waals surface area (Å²) < 4.78 is 6.93. The monoisotopic (exact) mass is 417 g/mol. The van der Waals surface area contributed by atoms with Crippen LogP contribution in [0.5, 0.6) is 11.6 Å². The number of carbonyl (C=O) groups excluding carboxylic acids is 1. The number of aromatic nitrogens is 1. The maximum atomic E-state index is 12.3. The highest BCUT2D eigenvalue weighted by atomic mass is 32.1. The standard InChI is InChI=1S/C24H23N3O2S/c1-24(2,3)16-8-11-18(12-9-16)29-22-13-10-17(14-25-22)26-23(28)27-20-15-30-21-7-5-4-6-19(20)21/h4-15H,1-3H3,(H2,26,27,28). The van der Waals surface area contributed by atoms with Crippen molar-refractivity contribution in [1.29, 1.82) is 0 Å². The van der Waals surface area contributed by atoms with Gasteiger partial charge in [-0.25, -0.2) is 9.78 Å². The normalized spacial score (nSPS) is 11.3. The van der Waals surface area contributed by atoms with Crippen molar-refractivity contribution in [3.05, 3.63) is 77.8 Å². The minimum atomic E-state index is -0.313. The van der Waals surface area contributed by atoms with E-state index in [1.54, 1.807) is 29.7 Å². The van der Waals surface area contributed by atoms with Gasteiger partial charge in [0.1, 0.15) is 5.75 Å². The fourth-order valence-corrected chi connectivity index (χ4v) is 3.91. The van der Waals surface area contributed by atoms with Gasteiger partial charge in [0.15, 0.2) is 0 Å². The molecule has 0 aliphatic carbocycles. The van der Waals surface area contributed by atoms with Gasteiger partial charge in [-0.05, 0) is 35.2 Å². The molecular weight excluding hydrogens is 394 g/mol. The molecule has 4 aromatic rings. The molecule has 0 spiro atoms. The number of nitrogens with zero attached hydrogens (tertiary/aromatic N) is 1. The molecule has 0 aliphatic rings. The van der Waals surface area contributed by atoms with Crippen molar-refractivity contribution in [2.24, 2.45) is 0 Å². The Morgan fingerprint density at radius 1 is 0.967 bits per heavy atom. The van der Waals surface area contributed by atoms with Crippen LogP contribution in [0.2, 0.25) is 0 Å². The van der Waals surface area contributed by atoms with Crippen LogP contribution in [0.25, 0.3) is 10.1 Å². The van der Waals surface area contributed by atoms with Crippen molar-refractivity contribution in [1.82, 2.24) is 4.98 Å². The van der Waals surface area contributed by atoms with E-state index in [1.807, 2.05) is 41.8 Å². The number of hydrogen-bond donors (Lipinski definition) is 2. The van der Waals surface area contributed by atoms with Gasteiger partial charge in [0.2, 0.25) is 5.88 Å². The van der Waals surface area contributed by atoms with Crippen molar-refractivity contribution in [2.45, 2.75) is 26.2 Å². The maximum absolute atomic E-state index is 12.3.